The highest BCUT2D eigenvalue weighted by Gasteiger charge is 2.27. The fraction of sp³-hybridized carbons (Fsp3) is 0.280. The topological polar surface area (TPSA) is 49.9 Å². The van der Waals surface area contributed by atoms with Crippen molar-refractivity contribution in [1.29, 1.82) is 0 Å². The third-order valence-corrected chi connectivity index (χ3v) is 7.23. The molecule has 3 aromatic rings. The zero-order valence-electron chi connectivity index (χ0n) is 18.4. The monoisotopic (exact) mass is 438 g/mol. The lowest BCUT2D eigenvalue weighted by Crippen LogP contribution is -2.39. The van der Waals surface area contributed by atoms with E-state index in [2.05, 4.69) is 18.7 Å². The van der Waals surface area contributed by atoms with Crippen LogP contribution in [-0.2, 0) is 10.0 Å². The number of ether oxygens (including phenoxy) is 1. The Morgan fingerprint density at radius 2 is 1.42 bits per heavy atom. The number of nitrogens with zero attached hydrogens (tertiary/aromatic N) is 2. The highest BCUT2D eigenvalue weighted by Crippen LogP contribution is 2.36. The Kier molecular flexibility index (Phi) is 7.71. The lowest BCUT2D eigenvalue weighted by atomic mass is 10.0. The van der Waals surface area contributed by atoms with Gasteiger partial charge in [0.25, 0.3) is 10.0 Å². The van der Waals surface area contributed by atoms with E-state index in [1.807, 2.05) is 54.6 Å². The van der Waals surface area contributed by atoms with Crippen LogP contribution in [0.15, 0.2) is 83.8 Å². The molecule has 0 radical (unpaired) electrons. The molecule has 5 nitrogen and oxygen atoms in total. The first-order chi connectivity index (χ1) is 15.0. The summed E-state index contributed by atoms with van der Waals surface area (Å²) in [5.41, 5.74) is 2.40. The Morgan fingerprint density at radius 3 is 2.00 bits per heavy atom. The fourth-order valence-corrected chi connectivity index (χ4v) is 5.07. The number of anilines is 1. The molecule has 31 heavy (non-hydrogen) atoms. The van der Waals surface area contributed by atoms with Crippen molar-refractivity contribution in [1.82, 2.24) is 4.90 Å². The first-order valence-electron chi connectivity index (χ1n) is 10.5. The van der Waals surface area contributed by atoms with Crippen molar-refractivity contribution in [3.05, 3.63) is 78.9 Å². The summed E-state index contributed by atoms with van der Waals surface area (Å²) in [5.74, 6) is 0.684. The van der Waals surface area contributed by atoms with Gasteiger partial charge >= 0.3 is 0 Å². The van der Waals surface area contributed by atoms with Crippen LogP contribution in [0.4, 0.5) is 5.69 Å². The predicted molar refractivity (Wildman–Crippen MR) is 127 cm³/mol. The summed E-state index contributed by atoms with van der Waals surface area (Å²) in [6, 6.07) is 24.0. The third-order valence-electron chi connectivity index (χ3n) is 5.40. The predicted octanol–water partition coefficient (Wildman–Crippen LogP) is 4.90. The summed E-state index contributed by atoms with van der Waals surface area (Å²) in [6.07, 6.45) is 0. The quantitative estimate of drug-likeness (QED) is 0.452. The maximum absolute atomic E-state index is 13.7. The van der Waals surface area contributed by atoms with Crippen LogP contribution in [0.1, 0.15) is 13.8 Å². The Morgan fingerprint density at radius 1 is 0.806 bits per heavy atom. The van der Waals surface area contributed by atoms with Gasteiger partial charge < -0.3 is 9.64 Å². The van der Waals surface area contributed by atoms with Crippen LogP contribution in [0.25, 0.3) is 11.1 Å². The van der Waals surface area contributed by atoms with Gasteiger partial charge in [-0.25, -0.2) is 8.42 Å². The average Bonchev–Trinajstić information content (AvgIpc) is 2.83. The molecule has 0 aromatic heterocycles. The van der Waals surface area contributed by atoms with Gasteiger partial charge in [0.15, 0.2) is 0 Å². The number of hydrogen-bond donors (Lipinski definition) is 0. The van der Waals surface area contributed by atoms with Crippen molar-refractivity contribution in [2.24, 2.45) is 0 Å². The second-order valence-electron chi connectivity index (χ2n) is 7.17. The number of likely N-dealkylation sites (N-methyl/N-ethyl adjacent to an activating group) is 1. The fourth-order valence-electron chi connectivity index (χ4n) is 3.57. The first-order valence-corrected chi connectivity index (χ1v) is 12.0. The molecule has 164 valence electrons. The summed E-state index contributed by atoms with van der Waals surface area (Å²) in [7, 11) is -2.14. The van der Waals surface area contributed by atoms with E-state index < -0.39 is 10.0 Å². The molecule has 0 heterocycles. The van der Waals surface area contributed by atoms with Gasteiger partial charge in [0.2, 0.25) is 0 Å². The summed E-state index contributed by atoms with van der Waals surface area (Å²) < 4.78 is 34.4. The molecule has 0 N–H and O–H groups in total. The molecule has 0 bridgehead atoms. The second-order valence-corrected chi connectivity index (χ2v) is 9.03. The van der Waals surface area contributed by atoms with Gasteiger partial charge in [-0.15, -0.1) is 0 Å². The van der Waals surface area contributed by atoms with Crippen LogP contribution >= 0.6 is 0 Å². The molecule has 0 spiro atoms. The molecular weight excluding hydrogens is 408 g/mol. The number of methoxy groups -OCH3 is 1. The van der Waals surface area contributed by atoms with Gasteiger partial charge in [-0.2, -0.15) is 0 Å². The molecule has 0 saturated carbocycles. The lowest BCUT2D eigenvalue weighted by molar-refractivity contribution is 0.313. The molecular formula is C25H30N2O3S. The van der Waals surface area contributed by atoms with Crippen LogP contribution in [0.3, 0.4) is 0 Å². The highest BCUT2D eigenvalue weighted by molar-refractivity contribution is 7.92. The molecule has 0 unspecified atom stereocenters. The normalized spacial score (nSPS) is 11.5. The van der Waals surface area contributed by atoms with Gasteiger partial charge in [0.05, 0.1) is 17.7 Å². The number of rotatable bonds is 10. The maximum Gasteiger partial charge on any atom is 0.264 e. The molecule has 3 rings (SSSR count). The smallest absolute Gasteiger partial charge is 0.264 e. The zero-order chi connectivity index (χ0) is 22.3. The first kappa shape index (κ1) is 22.8. The number of benzene rings is 3. The van der Waals surface area contributed by atoms with Crippen molar-refractivity contribution in [2.45, 2.75) is 18.7 Å². The van der Waals surface area contributed by atoms with Crippen molar-refractivity contribution in [2.75, 3.05) is 37.6 Å². The average molecular weight is 439 g/mol. The molecule has 0 aliphatic rings. The number of sulfonamides is 1. The SMILES string of the molecule is CCN(CC)CCN(c1ccc(OC)cc1-c1ccccc1)S(=O)(=O)c1ccccc1. The van der Waals surface area contributed by atoms with Crippen molar-refractivity contribution in [3.63, 3.8) is 0 Å². The van der Waals surface area contributed by atoms with Crippen LogP contribution in [0, 0.1) is 0 Å². The van der Waals surface area contributed by atoms with Gasteiger partial charge in [0.1, 0.15) is 5.75 Å². The van der Waals surface area contributed by atoms with E-state index in [0.717, 1.165) is 24.2 Å². The minimum Gasteiger partial charge on any atom is -0.497 e. The van der Waals surface area contributed by atoms with Gasteiger partial charge in [0, 0.05) is 18.7 Å². The molecule has 0 fully saturated rings. The Hall–Kier alpha value is -2.83. The minimum absolute atomic E-state index is 0.282. The largest absolute Gasteiger partial charge is 0.497 e. The summed E-state index contributed by atoms with van der Waals surface area (Å²) in [5, 5.41) is 0. The molecule has 0 saturated heterocycles. The maximum atomic E-state index is 13.7. The van der Waals surface area contributed by atoms with E-state index in [0.29, 0.717) is 24.5 Å². The molecule has 0 amide bonds. The Labute approximate surface area is 185 Å². The zero-order valence-corrected chi connectivity index (χ0v) is 19.2. The lowest BCUT2D eigenvalue weighted by Gasteiger charge is -2.29. The van der Waals surface area contributed by atoms with Crippen LogP contribution in [-0.4, -0.2) is 46.6 Å². The molecule has 0 atom stereocenters. The van der Waals surface area contributed by atoms with Crippen molar-refractivity contribution >= 4 is 15.7 Å². The Bertz CT molecular complexity index is 1070. The van der Waals surface area contributed by atoms with E-state index in [1.54, 1.807) is 31.4 Å². The number of hydrogen-bond acceptors (Lipinski definition) is 4. The summed E-state index contributed by atoms with van der Waals surface area (Å²) in [4.78, 5) is 2.50. The van der Waals surface area contributed by atoms with Crippen molar-refractivity contribution in [3.8, 4) is 16.9 Å². The van der Waals surface area contributed by atoms with E-state index in [1.165, 1.54) is 4.31 Å². The minimum atomic E-state index is -3.75. The van der Waals surface area contributed by atoms with E-state index >= 15 is 0 Å². The highest BCUT2D eigenvalue weighted by atomic mass is 32.2. The van der Waals surface area contributed by atoms with Gasteiger partial charge in [-0.1, -0.05) is 62.4 Å². The molecule has 6 heteroatoms. The molecule has 0 aliphatic carbocycles. The standard InChI is InChI=1S/C25H30N2O3S/c1-4-26(5-2)18-19-27(31(28,29)23-14-10-7-11-15-23)25-17-16-22(30-3)20-24(25)21-12-8-6-9-13-21/h6-17,20H,4-5,18-19H2,1-3H3. The summed E-state index contributed by atoms with van der Waals surface area (Å²) >= 11 is 0. The second kappa shape index (κ2) is 10.5. The molecule has 3 aromatic carbocycles. The van der Waals surface area contributed by atoms with E-state index in [-0.39, 0.29) is 4.90 Å². The van der Waals surface area contributed by atoms with E-state index in [4.69, 9.17) is 4.74 Å². The summed E-state index contributed by atoms with van der Waals surface area (Å²) in [6.45, 7) is 6.89. The van der Waals surface area contributed by atoms with Crippen molar-refractivity contribution < 1.29 is 13.2 Å². The van der Waals surface area contributed by atoms with Crippen LogP contribution in [0.2, 0.25) is 0 Å². The van der Waals surface area contributed by atoms with E-state index in [9.17, 15) is 8.42 Å². The van der Waals surface area contributed by atoms with Crippen LogP contribution in [0.5, 0.6) is 5.75 Å². The van der Waals surface area contributed by atoms with Crippen LogP contribution < -0.4 is 9.04 Å². The third kappa shape index (κ3) is 5.27. The Balaban J connectivity index is 2.15. The molecule has 0 aliphatic heterocycles. The van der Waals surface area contributed by atoms with Gasteiger partial charge in [-0.3, -0.25) is 4.31 Å². The van der Waals surface area contributed by atoms with Gasteiger partial charge in [-0.05, 0) is 49.0 Å².